The highest BCUT2D eigenvalue weighted by atomic mass is 35.5. The molecule has 0 aliphatic carbocycles. The van der Waals surface area contributed by atoms with E-state index in [0.717, 1.165) is 10.7 Å². The molecule has 4 nitrogen and oxygen atoms in total. The van der Waals surface area contributed by atoms with E-state index in [4.69, 9.17) is 11.6 Å². The lowest BCUT2D eigenvalue weighted by Crippen LogP contribution is -2.02. The van der Waals surface area contributed by atoms with E-state index in [0.29, 0.717) is 16.8 Å². The van der Waals surface area contributed by atoms with Crippen LogP contribution in [-0.2, 0) is 0 Å². The van der Waals surface area contributed by atoms with Gasteiger partial charge in [-0.15, -0.1) is 0 Å². The maximum Gasteiger partial charge on any atom is 0.222 e. The molecular formula is C15H14ClFN4S. The van der Waals surface area contributed by atoms with Gasteiger partial charge in [-0.3, -0.25) is 0 Å². The molecule has 0 bridgehead atoms. The minimum absolute atomic E-state index is 0.139. The highest BCUT2D eigenvalue weighted by Crippen LogP contribution is 2.31. The minimum Gasteiger partial charge on any atom is -0.316 e. The van der Waals surface area contributed by atoms with E-state index in [1.165, 1.54) is 17.8 Å². The summed E-state index contributed by atoms with van der Waals surface area (Å²) in [6.45, 7) is 4.10. The van der Waals surface area contributed by atoms with Crippen molar-refractivity contribution >= 4 is 34.4 Å². The van der Waals surface area contributed by atoms with Crippen LogP contribution in [0, 0.1) is 5.82 Å². The Morgan fingerprint density at radius 2 is 2.05 bits per heavy atom. The molecule has 1 aromatic carbocycles. The van der Waals surface area contributed by atoms with Crippen LogP contribution in [0.15, 0.2) is 29.6 Å². The zero-order valence-electron chi connectivity index (χ0n) is 12.3. The molecule has 0 amide bonds. The van der Waals surface area contributed by atoms with Crippen molar-refractivity contribution in [2.75, 3.05) is 6.26 Å². The number of fused-ring (bicyclic) bond motifs is 1. The van der Waals surface area contributed by atoms with Crippen molar-refractivity contribution in [1.82, 2.24) is 19.5 Å². The van der Waals surface area contributed by atoms with Gasteiger partial charge in [-0.05, 0) is 49.9 Å². The molecule has 0 N–H and O–H groups in total. The predicted molar refractivity (Wildman–Crippen MR) is 87.9 cm³/mol. The molecule has 114 valence electrons. The first-order valence-corrected chi connectivity index (χ1v) is 8.36. The van der Waals surface area contributed by atoms with Gasteiger partial charge in [0.1, 0.15) is 5.52 Å². The minimum atomic E-state index is -0.364. The van der Waals surface area contributed by atoms with Crippen LogP contribution in [0.2, 0.25) is 5.28 Å². The van der Waals surface area contributed by atoms with Crippen molar-refractivity contribution in [3.63, 3.8) is 0 Å². The Morgan fingerprint density at radius 3 is 2.68 bits per heavy atom. The maximum absolute atomic E-state index is 14.5. The van der Waals surface area contributed by atoms with Crippen LogP contribution in [0.3, 0.4) is 0 Å². The lowest BCUT2D eigenvalue weighted by molar-refractivity contribution is 0.567. The fourth-order valence-corrected chi connectivity index (χ4v) is 3.25. The number of hydrogen-bond acceptors (Lipinski definition) is 4. The topological polar surface area (TPSA) is 43.6 Å². The highest BCUT2D eigenvalue weighted by molar-refractivity contribution is 7.98. The molecule has 0 radical (unpaired) electrons. The van der Waals surface area contributed by atoms with Crippen molar-refractivity contribution in [3.05, 3.63) is 35.5 Å². The Labute approximate surface area is 136 Å². The van der Waals surface area contributed by atoms with Gasteiger partial charge in [-0.2, -0.15) is 0 Å². The normalized spacial score (nSPS) is 11.5. The lowest BCUT2D eigenvalue weighted by Gasteiger charge is -2.12. The summed E-state index contributed by atoms with van der Waals surface area (Å²) in [5.41, 5.74) is 2.37. The van der Waals surface area contributed by atoms with Crippen molar-refractivity contribution in [2.24, 2.45) is 0 Å². The van der Waals surface area contributed by atoms with Gasteiger partial charge in [-0.1, -0.05) is 11.8 Å². The second-order valence-corrected chi connectivity index (χ2v) is 6.21. The summed E-state index contributed by atoms with van der Waals surface area (Å²) in [4.78, 5) is 12.4. The van der Waals surface area contributed by atoms with E-state index < -0.39 is 0 Å². The average Bonchev–Trinajstić information content (AvgIpc) is 2.86. The third-order valence-electron chi connectivity index (χ3n) is 3.34. The van der Waals surface area contributed by atoms with Crippen molar-refractivity contribution in [3.8, 4) is 11.3 Å². The largest absolute Gasteiger partial charge is 0.316 e. The SMILES string of the molecule is CSc1nc2c(F)cc(-c3ccnc(Cl)n3)cc2n1C(C)C. The van der Waals surface area contributed by atoms with Gasteiger partial charge in [0.25, 0.3) is 0 Å². The Morgan fingerprint density at radius 1 is 1.27 bits per heavy atom. The Kier molecular flexibility index (Phi) is 4.06. The predicted octanol–water partition coefficient (Wildman–Crippen LogP) is 4.59. The molecule has 3 rings (SSSR count). The quantitative estimate of drug-likeness (QED) is 0.518. The van der Waals surface area contributed by atoms with Crippen LogP contribution in [-0.4, -0.2) is 25.8 Å². The number of nitrogens with zero attached hydrogens (tertiary/aromatic N) is 4. The first-order valence-electron chi connectivity index (χ1n) is 6.75. The summed E-state index contributed by atoms with van der Waals surface area (Å²) < 4.78 is 16.5. The van der Waals surface area contributed by atoms with E-state index >= 15 is 0 Å². The van der Waals surface area contributed by atoms with Gasteiger partial charge in [-0.25, -0.2) is 19.3 Å². The van der Waals surface area contributed by atoms with Gasteiger partial charge in [0, 0.05) is 17.8 Å². The van der Waals surface area contributed by atoms with E-state index in [1.807, 2.05) is 30.7 Å². The zero-order chi connectivity index (χ0) is 15.9. The molecule has 0 saturated carbocycles. The van der Waals surface area contributed by atoms with Crippen molar-refractivity contribution in [1.29, 1.82) is 0 Å². The molecule has 7 heteroatoms. The van der Waals surface area contributed by atoms with Gasteiger partial charge in [0.05, 0.1) is 11.2 Å². The lowest BCUT2D eigenvalue weighted by atomic mass is 10.1. The molecule has 0 spiro atoms. The van der Waals surface area contributed by atoms with Crippen LogP contribution in [0.4, 0.5) is 4.39 Å². The van der Waals surface area contributed by atoms with E-state index in [1.54, 1.807) is 12.3 Å². The second kappa shape index (κ2) is 5.85. The van der Waals surface area contributed by atoms with Crippen LogP contribution in [0.5, 0.6) is 0 Å². The summed E-state index contributed by atoms with van der Waals surface area (Å²) in [5, 5.41) is 0.932. The number of rotatable bonds is 3. The molecule has 2 aromatic heterocycles. The average molecular weight is 337 g/mol. The monoisotopic (exact) mass is 336 g/mol. The number of hydrogen-bond donors (Lipinski definition) is 0. The second-order valence-electron chi connectivity index (χ2n) is 5.10. The first kappa shape index (κ1) is 15.2. The van der Waals surface area contributed by atoms with Crippen LogP contribution in [0.25, 0.3) is 22.3 Å². The summed E-state index contributed by atoms with van der Waals surface area (Å²) in [7, 11) is 0. The number of aromatic nitrogens is 4. The molecule has 2 heterocycles. The zero-order valence-corrected chi connectivity index (χ0v) is 13.9. The molecule has 0 saturated heterocycles. The molecule has 0 aliphatic heterocycles. The fraction of sp³-hybridized carbons (Fsp3) is 0.267. The molecule has 0 atom stereocenters. The van der Waals surface area contributed by atoms with Crippen LogP contribution < -0.4 is 0 Å². The molecule has 22 heavy (non-hydrogen) atoms. The molecule has 0 fully saturated rings. The highest BCUT2D eigenvalue weighted by Gasteiger charge is 2.17. The van der Waals surface area contributed by atoms with Gasteiger partial charge >= 0.3 is 0 Å². The Balaban J connectivity index is 2.29. The van der Waals surface area contributed by atoms with Gasteiger partial charge in [0.2, 0.25) is 5.28 Å². The number of thioether (sulfide) groups is 1. The number of imidazole rings is 1. The van der Waals surface area contributed by atoms with Crippen LogP contribution >= 0.6 is 23.4 Å². The Hall–Kier alpha value is -1.66. The third kappa shape index (κ3) is 2.57. The van der Waals surface area contributed by atoms with Crippen LogP contribution in [0.1, 0.15) is 19.9 Å². The first-order chi connectivity index (χ1) is 10.5. The fourth-order valence-electron chi connectivity index (χ4n) is 2.42. The number of halogens is 2. The van der Waals surface area contributed by atoms with Gasteiger partial charge in [0.15, 0.2) is 11.0 Å². The van der Waals surface area contributed by atoms with Crippen molar-refractivity contribution in [2.45, 2.75) is 25.0 Å². The van der Waals surface area contributed by atoms with E-state index in [9.17, 15) is 4.39 Å². The van der Waals surface area contributed by atoms with Crippen molar-refractivity contribution < 1.29 is 4.39 Å². The third-order valence-corrected chi connectivity index (χ3v) is 4.17. The maximum atomic E-state index is 14.5. The molecule has 3 aromatic rings. The van der Waals surface area contributed by atoms with E-state index in [-0.39, 0.29) is 17.1 Å². The van der Waals surface area contributed by atoms with Gasteiger partial charge < -0.3 is 4.57 Å². The molecular weight excluding hydrogens is 323 g/mol. The summed E-state index contributed by atoms with van der Waals surface area (Å²) in [6, 6.07) is 5.21. The molecule has 0 unspecified atom stereocenters. The smallest absolute Gasteiger partial charge is 0.222 e. The standard InChI is InChI=1S/C15H14ClFN4S/c1-8(2)21-12-7-9(11-4-5-18-14(16)19-11)6-10(17)13(12)20-15(21)22-3/h4-8H,1-3H3. The summed E-state index contributed by atoms with van der Waals surface area (Å²) >= 11 is 7.32. The number of benzene rings is 1. The molecule has 0 aliphatic rings. The summed E-state index contributed by atoms with van der Waals surface area (Å²) in [5.74, 6) is -0.364. The summed E-state index contributed by atoms with van der Waals surface area (Å²) in [6.07, 6.45) is 3.49. The van der Waals surface area contributed by atoms with E-state index in [2.05, 4.69) is 15.0 Å². The Bertz CT molecular complexity index is 847.